The average molecular weight is 405 g/mol. The molecule has 0 aromatic heterocycles. The van der Waals surface area contributed by atoms with Gasteiger partial charge in [-0.1, -0.05) is 97.9 Å². The second-order valence-electron chi connectivity index (χ2n) is 7.56. The molecule has 3 aromatic carbocycles. The smallest absolute Gasteiger partial charge is 0.298 e. The fraction of sp³-hybridized carbons (Fsp3) is 0.269. The molecule has 0 amide bonds. The summed E-state index contributed by atoms with van der Waals surface area (Å²) in [6.45, 7) is 4.21. The van der Waals surface area contributed by atoms with Crippen LogP contribution in [0.1, 0.15) is 39.2 Å². The van der Waals surface area contributed by atoms with Gasteiger partial charge in [0, 0.05) is 12.5 Å². The maximum Gasteiger partial charge on any atom is 1.00 e. The van der Waals surface area contributed by atoms with Crippen LogP contribution in [0.15, 0.2) is 91.0 Å². The van der Waals surface area contributed by atoms with Crippen LogP contribution in [-0.2, 0) is 10.2 Å². The van der Waals surface area contributed by atoms with Gasteiger partial charge in [-0.3, -0.25) is 9.46 Å². The number of hydrogen-bond donors (Lipinski definition) is 0. The molecule has 0 radical (unpaired) electrons. The molecule has 3 rings (SSSR count). The zero-order valence-electron chi connectivity index (χ0n) is 18.5. The third kappa shape index (κ3) is 4.83. The number of carbonyl (C=O) groups is 1. The van der Waals surface area contributed by atoms with Crippen LogP contribution in [0.4, 0.5) is 0 Å². The fourth-order valence-corrected chi connectivity index (χ4v) is 5.05. The zero-order valence-corrected chi connectivity index (χ0v) is 18.5. The lowest BCUT2D eigenvalue weighted by molar-refractivity contribution is -0.123. The van der Waals surface area contributed by atoms with Crippen LogP contribution < -0.4 is 5.30 Å². The Balaban J connectivity index is 0.00000320. The van der Waals surface area contributed by atoms with Crippen molar-refractivity contribution in [2.45, 2.75) is 38.1 Å². The Bertz CT molecular complexity index is 863. The Morgan fingerprint density at radius 3 is 1.79 bits per heavy atom. The minimum Gasteiger partial charge on any atom is -0.298 e. The van der Waals surface area contributed by atoms with Crippen LogP contribution in [0.25, 0.3) is 0 Å². The standard InChI is InChI=1S/C26H30NOP/c1-4-25(28)26(22-14-8-5-9-15-22,23-16-10-6-11-17-23)20-21(2)27(3)29-24-18-12-7-13-19-24/h5-19,21,29H,4,20H2,1-3H3/p+1. The second kappa shape index (κ2) is 9.96. The maximum absolute atomic E-state index is 13.5. The van der Waals surface area contributed by atoms with Crippen LogP contribution in [0.3, 0.4) is 0 Å². The van der Waals surface area contributed by atoms with E-state index in [2.05, 4.69) is 67.2 Å². The lowest BCUT2D eigenvalue weighted by Crippen LogP contribution is -2.42. The summed E-state index contributed by atoms with van der Waals surface area (Å²) in [5.41, 5.74) is 1.54. The first-order valence-corrected chi connectivity index (χ1v) is 11.2. The van der Waals surface area contributed by atoms with Gasteiger partial charge in [-0.05, 0) is 45.6 Å². The Kier molecular flexibility index (Phi) is 7.36. The first-order chi connectivity index (χ1) is 14.1. The first kappa shape index (κ1) is 21.4. The van der Waals surface area contributed by atoms with E-state index in [1.54, 1.807) is 0 Å². The summed E-state index contributed by atoms with van der Waals surface area (Å²) in [5, 5.41) is 1.31. The van der Waals surface area contributed by atoms with E-state index < -0.39 is 5.41 Å². The van der Waals surface area contributed by atoms with Gasteiger partial charge in [0.1, 0.15) is 5.78 Å². The van der Waals surface area contributed by atoms with Crippen molar-refractivity contribution in [3.05, 3.63) is 102 Å². The first-order valence-electron chi connectivity index (χ1n) is 10.3. The number of nitrogens with zero attached hydrogens (tertiary/aromatic N) is 1. The van der Waals surface area contributed by atoms with E-state index in [1.165, 1.54) is 5.30 Å². The summed E-state index contributed by atoms with van der Waals surface area (Å²) in [7, 11) is 2.74. The van der Waals surface area contributed by atoms with E-state index in [1.807, 2.05) is 49.4 Å². The van der Waals surface area contributed by atoms with Crippen LogP contribution in [0.5, 0.6) is 0 Å². The van der Waals surface area contributed by atoms with E-state index in [-0.39, 0.29) is 13.3 Å². The molecule has 0 bridgehead atoms. The molecule has 0 spiro atoms. The lowest BCUT2D eigenvalue weighted by Gasteiger charge is -2.38. The van der Waals surface area contributed by atoms with E-state index in [0.29, 0.717) is 15.2 Å². The number of hydrogen-bond acceptors (Lipinski definition) is 2. The van der Waals surface area contributed by atoms with Crippen molar-refractivity contribution in [1.82, 2.24) is 4.67 Å². The van der Waals surface area contributed by atoms with Crippen molar-refractivity contribution in [1.29, 1.82) is 0 Å². The highest BCUT2D eigenvalue weighted by Crippen LogP contribution is 2.40. The quantitative estimate of drug-likeness (QED) is 0.427. The molecule has 0 heterocycles. The molecule has 0 saturated heterocycles. The van der Waals surface area contributed by atoms with Gasteiger partial charge >= 0.3 is 1.43 Å². The summed E-state index contributed by atoms with van der Waals surface area (Å²) >= 11 is 0. The Labute approximate surface area is 178 Å². The Morgan fingerprint density at radius 2 is 1.34 bits per heavy atom. The van der Waals surface area contributed by atoms with E-state index in [4.69, 9.17) is 0 Å². The van der Waals surface area contributed by atoms with Crippen molar-refractivity contribution in [3.63, 3.8) is 0 Å². The van der Waals surface area contributed by atoms with E-state index in [9.17, 15) is 4.79 Å². The van der Waals surface area contributed by atoms with Gasteiger partial charge < -0.3 is 0 Å². The third-order valence-electron chi connectivity index (χ3n) is 5.67. The molecule has 2 atom stereocenters. The van der Waals surface area contributed by atoms with Gasteiger partial charge in [0.2, 0.25) is 0 Å². The zero-order chi connectivity index (χ0) is 20.7. The molecule has 0 aliphatic heterocycles. The summed E-state index contributed by atoms with van der Waals surface area (Å²) in [5.74, 6) is 0.276. The van der Waals surface area contributed by atoms with Crippen molar-refractivity contribution < 1.29 is 6.22 Å². The molecule has 2 nitrogen and oxygen atoms in total. The molecule has 0 aliphatic rings. The lowest BCUT2D eigenvalue weighted by atomic mass is 9.67. The molecule has 29 heavy (non-hydrogen) atoms. The number of carbonyl (C=O) groups excluding carboxylic acids is 1. The maximum atomic E-state index is 13.5. The van der Waals surface area contributed by atoms with Gasteiger partial charge in [0.25, 0.3) is 0 Å². The molecule has 0 aliphatic carbocycles. The predicted molar refractivity (Wildman–Crippen MR) is 126 cm³/mol. The van der Waals surface area contributed by atoms with Crippen molar-refractivity contribution in [2.75, 3.05) is 7.05 Å². The monoisotopic (exact) mass is 404 g/mol. The van der Waals surface area contributed by atoms with Gasteiger partial charge in [-0.15, -0.1) is 0 Å². The highest BCUT2D eigenvalue weighted by atomic mass is 31.1. The van der Waals surface area contributed by atoms with Crippen molar-refractivity contribution in [3.8, 4) is 0 Å². The summed E-state index contributed by atoms with van der Waals surface area (Å²) in [6.07, 6.45) is 1.27. The molecule has 0 fully saturated rings. The molecule has 150 valence electrons. The molecule has 0 N–H and O–H groups in total. The van der Waals surface area contributed by atoms with Crippen LogP contribution >= 0.6 is 8.73 Å². The average Bonchev–Trinajstić information content (AvgIpc) is 2.78. The SMILES string of the molecule is CCC(=O)C(CC(C)N(C)Pc1ccccc1)(c1ccccc1)c1ccccc1.[H+]. The van der Waals surface area contributed by atoms with Crippen LogP contribution in [0, 0.1) is 0 Å². The molecule has 2 unspecified atom stereocenters. The van der Waals surface area contributed by atoms with Crippen LogP contribution in [0.2, 0.25) is 0 Å². The number of rotatable bonds is 9. The Morgan fingerprint density at radius 1 is 0.897 bits per heavy atom. The minimum atomic E-state index is -0.633. The second-order valence-corrected chi connectivity index (χ2v) is 9.06. The number of Topliss-reactive ketones (excluding diaryl/α,β-unsaturated/α-hetero) is 1. The van der Waals surface area contributed by atoms with Crippen LogP contribution in [-0.4, -0.2) is 23.5 Å². The largest absolute Gasteiger partial charge is 1.00 e. The highest BCUT2D eigenvalue weighted by molar-refractivity contribution is 7.44. The highest BCUT2D eigenvalue weighted by Gasteiger charge is 2.42. The van der Waals surface area contributed by atoms with Gasteiger partial charge in [0.05, 0.1) is 5.41 Å². The summed E-state index contributed by atoms with van der Waals surface area (Å²) in [6, 6.07) is 31.4. The molecule has 0 saturated carbocycles. The third-order valence-corrected chi connectivity index (χ3v) is 7.06. The predicted octanol–water partition coefficient (Wildman–Crippen LogP) is 5.69. The van der Waals surface area contributed by atoms with Gasteiger partial charge in [-0.2, -0.15) is 0 Å². The van der Waals surface area contributed by atoms with E-state index in [0.717, 1.165) is 17.5 Å². The summed E-state index contributed by atoms with van der Waals surface area (Å²) < 4.78 is 2.37. The van der Waals surface area contributed by atoms with Gasteiger partial charge in [0.15, 0.2) is 0 Å². The fourth-order valence-electron chi connectivity index (χ4n) is 3.99. The molecule has 3 heteroatoms. The van der Waals surface area contributed by atoms with Gasteiger partial charge in [-0.25, -0.2) is 0 Å². The normalized spacial score (nSPS) is 13.1. The Hall–Kier alpha value is -2.28. The summed E-state index contributed by atoms with van der Waals surface area (Å²) in [4.78, 5) is 13.5. The van der Waals surface area contributed by atoms with E-state index >= 15 is 0 Å². The topological polar surface area (TPSA) is 20.3 Å². The molecule has 3 aromatic rings. The number of benzene rings is 3. The number of ketones is 1. The van der Waals surface area contributed by atoms with Crippen molar-refractivity contribution >= 4 is 19.8 Å². The van der Waals surface area contributed by atoms with Crippen molar-refractivity contribution in [2.24, 2.45) is 0 Å². The molecular weight excluding hydrogens is 373 g/mol. The molecular formula is C26H31NOP+. The minimum absolute atomic E-state index is 0.